The lowest BCUT2D eigenvalue weighted by atomic mass is 9.62. The molecule has 0 amide bonds. The Bertz CT molecular complexity index is 973. The van der Waals surface area contributed by atoms with Gasteiger partial charge in [0.2, 0.25) is 0 Å². The topological polar surface area (TPSA) is 0 Å². The average molecular weight is 411 g/mol. The summed E-state index contributed by atoms with van der Waals surface area (Å²) in [5.41, 5.74) is 10.0. The van der Waals surface area contributed by atoms with Crippen molar-refractivity contribution in [2.24, 2.45) is 17.8 Å². The fourth-order valence-electron chi connectivity index (χ4n) is 6.01. The molecule has 4 unspecified atom stereocenters. The van der Waals surface area contributed by atoms with Crippen LogP contribution in [0.2, 0.25) is 0 Å². The maximum Gasteiger partial charge on any atom is 0.0123 e. The molecular formula is C31H38. The smallest absolute Gasteiger partial charge is 0.0123 e. The van der Waals surface area contributed by atoms with Crippen molar-refractivity contribution in [3.63, 3.8) is 0 Å². The second-order valence-electron chi connectivity index (χ2n) is 10.1. The molecule has 1 saturated carbocycles. The van der Waals surface area contributed by atoms with Crippen LogP contribution in [-0.2, 0) is 0 Å². The SMILES string of the molecule is C=C1/C(=C\C2=CC=CC2)CC2=CC(C)C(C(=C)CCC)C(c3ccc(C(C)C)cc3)C12. The van der Waals surface area contributed by atoms with Crippen LogP contribution in [0.1, 0.15) is 76.3 Å². The highest BCUT2D eigenvalue weighted by Gasteiger charge is 2.45. The molecular weight excluding hydrogens is 372 g/mol. The minimum Gasteiger partial charge on any atom is -0.0995 e. The third-order valence-electron chi connectivity index (χ3n) is 7.56. The lowest BCUT2D eigenvalue weighted by Gasteiger charge is -2.41. The van der Waals surface area contributed by atoms with Crippen LogP contribution in [0.25, 0.3) is 0 Å². The highest BCUT2D eigenvalue weighted by Crippen LogP contribution is 2.56. The zero-order valence-corrected chi connectivity index (χ0v) is 19.8. The van der Waals surface area contributed by atoms with E-state index in [9.17, 15) is 0 Å². The van der Waals surface area contributed by atoms with Crippen molar-refractivity contribution < 1.29 is 0 Å². The molecule has 0 spiro atoms. The molecule has 1 aromatic rings. The Hall–Kier alpha value is -2.34. The second kappa shape index (κ2) is 9.03. The molecule has 0 aliphatic heterocycles. The number of benzene rings is 1. The minimum absolute atomic E-state index is 0.404. The van der Waals surface area contributed by atoms with Crippen molar-refractivity contribution >= 4 is 0 Å². The quantitative estimate of drug-likeness (QED) is 0.411. The maximum absolute atomic E-state index is 4.66. The maximum atomic E-state index is 4.66. The number of allylic oxidation sites excluding steroid dienone is 10. The first-order chi connectivity index (χ1) is 14.9. The zero-order chi connectivity index (χ0) is 22.1. The molecule has 3 aliphatic carbocycles. The first kappa shape index (κ1) is 21.9. The molecule has 0 radical (unpaired) electrons. The van der Waals surface area contributed by atoms with E-state index in [-0.39, 0.29) is 0 Å². The molecule has 1 fully saturated rings. The van der Waals surface area contributed by atoms with Gasteiger partial charge in [-0.3, -0.25) is 0 Å². The van der Waals surface area contributed by atoms with Crippen LogP contribution in [-0.4, -0.2) is 0 Å². The molecule has 3 aliphatic rings. The number of hydrogen-bond donors (Lipinski definition) is 0. The van der Waals surface area contributed by atoms with Gasteiger partial charge in [0.1, 0.15) is 0 Å². The van der Waals surface area contributed by atoms with Gasteiger partial charge in [0.05, 0.1) is 0 Å². The van der Waals surface area contributed by atoms with E-state index in [2.05, 4.69) is 95.5 Å². The Balaban J connectivity index is 1.76. The van der Waals surface area contributed by atoms with Gasteiger partial charge >= 0.3 is 0 Å². The van der Waals surface area contributed by atoms with E-state index in [4.69, 9.17) is 0 Å². The van der Waals surface area contributed by atoms with Crippen LogP contribution in [0.5, 0.6) is 0 Å². The minimum atomic E-state index is 0.404. The Morgan fingerprint density at radius 1 is 1.19 bits per heavy atom. The molecule has 0 heterocycles. The predicted molar refractivity (Wildman–Crippen MR) is 135 cm³/mol. The van der Waals surface area contributed by atoms with Crippen molar-refractivity contribution in [2.75, 3.05) is 0 Å². The van der Waals surface area contributed by atoms with E-state index in [0.717, 1.165) is 25.7 Å². The lowest BCUT2D eigenvalue weighted by molar-refractivity contribution is 0.322. The van der Waals surface area contributed by atoms with E-state index in [1.165, 1.54) is 33.4 Å². The van der Waals surface area contributed by atoms with Crippen LogP contribution in [0.4, 0.5) is 0 Å². The summed E-state index contributed by atoms with van der Waals surface area (Å²) in [5.74, 6) is 2.39. The molecule has 31 heavy (non-hydrogen) atoms. The number of rotatable bonds is 6. The molecule has 4 rings (SSSR count). The van der Waals surface area contributed by atoms with Crippen LogP contribution in [0, 0.1) is 17.8 Å². The summed E-state index contributed by atoms with van der Waals surface area (Å²) in [7, 11) is 0. The summed E-state index contributed by atoms with van der Waals surface area (Å²) in [6.45, 7) is 18.5. The first-order valence-corrected chi connectivity index (χ1v) is 12.1. The molecule has 0 nitrogen and oxygen atoms in total. The normalized spacial score (nSPS) is 28.8. The Morgan fingerprint density at radius 3 is 2.55 bits per heavy atom. The molecule has 0 N–H and O–H groups in total. The van der Waals surface area contributed by atoms with Crippen molar-refractivity contribution in [2.45, 2.75) is 65.2 Å². The van der Waals surface area contributed by atoms with Crippen molar-refractivity contribution in [1.82, 2.24) is 0 Å². The lowest BCUT2D eigenvalue weighted by Crippen LogP contribution is -2.31. The first-order valence-electron chi connectivity index (χ1n) is 12.1. The zero-order valence-electron chi connectivity index (χ0n) is 19.8. The van der Waals surface area contributed by atoms with Gasteiger partial charge in [0, 0.05) is 11.8 Å². The molecule has 0 bridgehead atoms. The fraction of sp³-hybridized carbons (Fsp3) is 0.419. The highest BCUT2D eigenvalue weighted by molar-refractivity contribution is 5.54. The van der Waals surface area contributed by atoms with E-state index in [1.54, 1.807) is 5.57 Å². The molecule has 1 aromatic carbocycles. The van der Waals surface area contributed by atoms with Gasteiger partial charge in [-0.1, -0.05) is 113 Å². The van der Waals surface area contributed by atoms with Gasteiger partial charge in [0.15, 0.2) is 0 Å². The van der Waals surface area contributed by atoms with Crippen molar-refractivity contribution in [3.8, 4) is 0 Å². The highest BCUT2D eigenvalue weighted by atomic mass is 14.5. The molecule has 4 atom stereocenters. The van der Waals surface area contributed by atoms with Crippen molar-refractivity contribution in [3.05, 3.63) is 107 Å². The summed E-state index contributed by atoms with van der Waals surface area (Å²) in [6.07, 6.45) is 16.0. The third kappa shape index (κ3) is 4.22. The van der Waals surface area contributed by atoms with E-state index in [1.807, 2.05) is 0 Å². The summed E-state index contributed by atoms with van der Waals surface area (Å²) in [6, 6.07) is 9.46. The predicted octanol–water partition coefficient (Wildman–Crippen LogP) is 8.83. The van der Waals surface area contributed by atoms with E-state index in [0.29, 0.717) is 29.6 Å². The van der Waals surface area contributed by atoms with Crippen LogP contribution >= 0.6 is 0 Å². The van der Waals surface area contributed by atoms with E-state index >= 15 is 0 Å². The van der Waals surface area contributed by atoms with Gasteiger partial charge in [-0.2, -0.15) is 0 Å². The van der Waals surface area contributed by atoms with Crippen molar-refractivity contribution in [1.29, 1.82) is 0 Å². The standard InChI is InChI=1S/C31H38/c1-7-10-21(4)29-22(5)17-28-19-27(18-24-11-8-9-12-24)23(6)30(28)31(29)26-15-13-25(14-16-26)20(2)3/h8-9,11,13-18,20,22,29-31H,4,6-7,10,12,19H2,1-3,5H3/b27-18-. The Labute approximate surface area is 189 Å². The summed E-state index contributed by atoms with van der Waals surface area (Å²) >= 11 is 0. The Kier molecular flexibility index (Phi) is 6.37. The molecule has 0 aromatic heterocycles. The summed E-state index contributed by atoms with van der Waals surface area (Å²) in [4.78, 5) is 0. The molecule has 0 heteroatoms. The molecule has 162 valence electrons. The summed E-state index contributed by atoms with van der Waals surface area (Å²) < 4.78 is 0. The van der Waals surface area contributed by atoms with Gasteiger partial charge < -0.3 is 0 Å². The van der Waals surface area contributed by atoms with Gasteiger partial charge in [-0.15, -0.1) is 0 Å². The van der Waals surface area contributed by atoms with Crippen LogP contribution in [0.3, 0.4) is 0 Å². The van der Waals surface area contributed by atoms with Gasteiger partial charge in [-0.25, -0.2) is 0 Å². The fourth-order valence-corrected chi connectivity index (χ4v) is 6.01. The van der Waals surface area contributed by atoms with Gasteiger partial charge in [-0.05, 0) is 64.9 Å². The van der Waals surface area contributed by atoms with Crippen LogP contribution in [0.15, 0.2) is 95.7 Å². The third-order valence-corrected chi connectivity index (χ3v) is 7.56. The largest absolute Gasteiger partial charge is 0.0995 e. The van der Waals surface area contributed by atoms with E-state index < -0.39 is 0 Å². The number of hydrogen-bond acceptors (Lipinski definition) is 0. The summed E-state index contributed by atoms with van der Waals surface area (Å²) in [5, 5.41) is 0. The monoisotopic (exact) mass is 410 g/mol. The average Bonchev–Trinajstić information content (AvgIpc) is 3.35. The Morgan fingerprint density at radius 2 is 1.94 bits per heavy atom. The van der Waals surface area contributed by atoms with Gasteiger partial charge in [0.25, 0.3) is 0 Å². The molecule has 0 saturated heterocycles. The number of fused-ring (bicyclic) bond motifs is 1. The second-order valence-corrected chi connectivity index (χ2v) is 10.1. The van der Waals surface area contributed by atoms with Crippen LogP contribution < -0.4 is 0 Å².